The standard InChI is InChI=1S/C52H30N4OS.C38H21N3OS.C32H17N3O2/c1-3-13-31(14-4-1)49-51-50(48-46(58-51)28-27-45-47(48)38-19-9-12-22-44(38)57-45)54-52(53-49)56-41-21-11-8-18-36(41)39-29-32(24-26-42(39)56)33-23-25-37-35-17-7-10-20-40(35)55(43(37)30-33)34-15-5-2-6-16-34;1-2-11-23(12-3-1)34-37-35(33-29(42-37)20-21-31-32(33)27-15-7-9-17-30(27)43-31)40-38(39-34)41-28-16-8-6-14-25(28)26-19-18-22-10-4-5-13-24(22)36(26)41;1-2-8-19-18(7-1)13-14-23-28(19)20-9-3-5-11-22(20)35(23)32-33-17-27-31(34-32)30-26(37-27)16-15-25-29(30)21-10-4-6-12-24(21)36-25/h1-30H;1-21H;1-17H. The lowest BCUT2D eigenvalue weighted by Crippen LogP contribution is -2.03. The van der Waals surface area contributed by atoms with Gasteiger partial charge in [0.2, 0.25) is 17.8 Å². The van der Waals surface area contributed by atoms with Gasteiger partial charge in [0.15, 0.2) is 11.2 Å². The number of hydrogen-bond acceptors (Lipinski definition) is 12. The van der Waals surface area contributed by atoms with Gasteiger partial charge in [0, 0.05) is 117 Å². The molecular formula is C122H68N10O4S2. The maximum Gasteiger partial charge on any atom is 0.236 e. The van der Waals surface area contributed by atoms with E-state index in [0.29, 0.717) is 29.0 Å². The van der Waals surface area contributed by atoms with Crippen LogP contribution < -0.4 is 0 Å². The first-order valence-corrected chi connectivity index (χ1v) is 47.7. The fraction of sp³-hybridized carbons (Fsp3) is 0. The number of aromatic nitrogens is 10. The van der Waals surface area contributed by atoms with Crippen LogP contribution in [0.3, 0.4) is 0 Å². The van der Waals surface area contributed by atoms with Crippen LogP contribution in [0, 0.1) is 0 Å². The number of rotatable bonds is 7. The fourth-order valence-corrected chi connectivity index (χ4v) is 24.1. The monoisotopic (exact) mass is 1800 g/mol. The molecule has 0 aliphatic carbocycles. The van der Waals surface area contributed by atoms with E-state index in [1.54, 1.807) is 28.9 Å². The number of furan rings is 4. The van der Waals surface area contributed by atoms with Crippen molar-refractivity contribution in [3.8, 4) is 57.2 Å². The molecule has 0 saturated carbocycles. The molecule has 13 heterocycles. The highest BCUT2D eigenvalue weighted by molar-refractivity contribution is 7.26. The molecule has 14 nitrogen and oxygen atoms in total. The first kappa shape index (κ1) is 76.3. The van der Waals surface area contributed by atoms with Crippen LogP contribution >= 0.6 is 22.7 Å². The molecule has 0 saturated heterocycles. The minimum atomic E-state index is 0.612. The Bertz CT molecular complexity index is 10800. The van der Waals surface area contributed by atoms with Crippen LogP contribution in [0.1, 0.15) is 0 Å². The average molecular weight is 1800 g/mol. The largest absolute Gasteiger partial charge is 0.456 e. The van der Waals surface area contributed by atoms with Crippen molar-refractivity contribution in [2.75, 3.05) is 0 Å². The Kier molecular flexibility index (Phi) is 16.4. The maximum atomic E-state index is 6.65. The Morgan fingerprint density at radius 3 is 1.39 bits per heavy atom. The Hall–Kier alpha value is -18.2. The number of hydrogen-bond donors (Lipinski definition) is 0. The molecule has 0 fully saturated rings. The van der Waals surface area contributed by atoms with Gasteiger partial charge in [-0.3, -0.25) is 13.7 Å². The van der Waals surface area contributed by atoms with Crippen molar-refractivity contribution in [2.45, 2.75) is 0 Å². The van der Waals surface area contributed by atoms with Gasteiger partial charge in [0.25, 0.3) is 0 Å². The number of nitrogens with zero attached hydrogens (tertiary/aromatic N) is 10. The predicted molar refractivity (Wildman–Crippen MR) is 570 cm³/mol. The van der Waals surface area contributed by atoms with E-state index in [1.165, 1.54) is 85.1 Å². The zero-order valence-electron chi connectivity index (χ0n) is 73.2. The summed E-state index contributed by atoms with van der Waals surface area (Å²) >= 11 is 3.55. The molecule has 0 atom stereocenters. The normalized spacial score (nSPS) is 12.2. The Labute approximate surface area is 789 Å². The minimum absolute atomic E-state index is 0.612. The van der Waals surface area contributed by atoms with Crippen molar-refractivity contribution >= 4 is 260 Å². The lowest BCUT2D eigenvalue weighted by atomic mass is 10.0. The van der Waals surface area contributed by atoms with E-state index in [0.717, 1.165) is 180 Å². The van der Waals surface area contributed by atoms with Crippen LogP contribution in [0.2, 0.25) is 0 Å². The van der Waals surface area contributed by atoms with Crippen molar-refractivity contribution < 1.29 is 17.7 Å². The van der Waals surface area contributed by atoms with Crippen LogP contribution in [0.4, 0.5) is 0 Å². The second-order valence-corrected chi connectivity index (χ2v) is 37.5. The predicted octanol–water partition coefficient (Wildman–Crippen LogP) is 33.5. The molecule has 13 aromatic heterocycles. The molecule has 32 aromatic rings. The first-order chi connectivity index (χ1) is 68.4. The van der Waals surface area contributed by atoms with Gasteiger partial charge in [-0.25, -0.2) is 29.9 Å². The van der Waals surface area contributed by atoms with Crippen molar-refractivity contribution in [2.24, 2.45) is 0 Å². The Morgan fingerprint density at radius 1 is 0.210 bits per heavy atom. The SMILES string of the molecule is c1ccc(-c2nc(-n3c4ccccc4c4cc(-c5ccc6c7ccccc7n(-c7ccccc7)c6c5)ccc43)nc3c2sc2ccc4oc5ccccc5c4c23)cc1.c1ccc(-c2nc(-n3c4ccccc4c4ccc5ccccc5c43)nc3c2oc2ccc4sc5ccccc5c4c23)cc1.c1ccc2c(c1)ccc1c2c2ccccc2n1-c1ncc2oc3ccc4oc5ccccc5c4c3c2n1. The van der Waals surface area contributed by atoms with Gasteiger partial charge < -0.3 is 22.2 Å². The summed E-state index contributed by atoms with van der Waals surface area (Å²) in [4.78, 5) is 31.6. The van der Waals surface area contributed by atoms with Gasteiger partial charge in [-0.15, -0.1) is 22.7 Å². The molecule has 0 radical (unpaired) electrons. The molecule has 0 N–H and O–H groups in total. The second-order valence-electron chi connectivity index (χ2n) is 35.3. The summed E-state index contributed by atoms with van der Waals surface area (Å²) < 4.78 is 39.1. The van der Waals surface area contributed by atoms with Crippen LogP contribution in [-0.4, -0.2) is 48.2 Å². The summed E-state index contributed by atoms with van der Waals surface area (Å²) in [6.07, 6.45) is 1.79. The average Bonchev–Trinajstić information content (AvgIpc) is 1.55. The second kappa shape index (κ2) is 29.6. The Balaban J connectivity index is 0.000000101. The zero-order chi connectivity index (χ0) is 90.1. The first-order valence-electron chi connectivity index (χ1n) is 46.1. The molecule has 0 unspecified atom stereocenters. The van der Waals surface area contributed by atoms with E-state index in [4.69, 9.17) is 47.6 Å². The van der Waals surface area contributed by atoms with Crippen molar-refractivity contribution in [3.05, 3.63) is 413 Å². The molecule has 0 aliphatic heterocycles. The highest BCUT2D eigenvalue weighted by Crippen LogP contribution is 2.51. The van der Waals surface area contributed by atoms with Gasteiger partial charge in [0.1, 0.15) is 50.2 Å². The molecule has 32 rings (SSSR count). The summed E-state index contributed by atoms with van der Waals surface area (Å²) in [7, 11) is 0. The quantitative estimate of drug-likeness (QED) is 0.151. The van der Waals surface area contributed by atoms with E-state index in [1.807, 2.05) is 60.7 Å². The molecule has 16 heteroatoms. The molecular weight excluding hydrogens is 1730 g/mol. The number of benzene rings is 19. The van der Waals surface area contributed by atoms with Crippen LogP contribution in [-0.2, 0) is 0 Å². The van der Waals surface area contributed by atoms with Gasteiger partial charge in [-0.05, 0) is 143 Å². The van der Waals surface area contributed by atoms with Crippen LogP contribution in [0.25, 0.3) is 294 Å². The van der Waals surface area contributed by atoms with E-state index in [2.05, 4.69) is 364 Å². The fourth-order valence-electron chi connectivity index (χ4n) is 21.9. The third kappa shape index (κ3) is 11.3. The van der Waals surface area contributed by atoms with Crippen molar-refractivity contribution in [1.29, 1.82) is 0 Å². The zero-order valence-corrected chi connectivity index (χ0v) is 74.8. The topological polar surface area (TPSA) is 150 Å². The molecule has 642 valence electrons. The van der Waals surface area contributed by atoms with Crippen LogP contribution in [0.5, 0.6) is 0 Å². The summed E-state index contributed by atoms with van der Waals surface area (Å²) in [5, 5.41) is 24.1. The van der Waals surface area contributed by atoms with Gasteiger partial charge >= 0.3 is 0 Å². The molecule has 0 spiro atoms. The smallest absolute Gasteiger partial charge is 0.236 e. The molecule has 0 bridgehead atoms. The summed E-state index contributed by atoms with van der Waals surface area (Å²) in [6.45, 7) is 0. The van der Waals surface area contributed by atoms with Gasteiger partial charge in [-0.2, -0.15) is 0 Å². The maximum absolute atomic E-state index is 6.65. The number of fused-ring (bicyclic) bond motifs is 37. The summed E-state index contributed by atoms with van der Waals surface area (Å²) in [5.41, 5.74) is 25.0. The number of thiophene rings is 2. The van der Waals surface area contributed by atoms with E-state index < -0.39 is 0 Å². The van der Waals surface area contributed by atoms with E-state index in [-0.39, 0.29) is 0 Å². The van der Waals surface area contributed by atoms with Crippen molar-refractivity contribution in [3.63, 3.8) is 0 Å². The van der Waals surface area contributed by atoms with E-state index >= 15 is 0 Å². The molecule has 0 aliphatic rings. The lowest BCUT2D eigenvalue weighted by molar-refractivity contribution is 0.661. The Morgan fingerprint density at radius 2 is 0.667 bits per heavy atom. The van der Waals surface area contributed by atoms with Crippen LogP contribution in [0.15, 0.2) is 430 Å². The highest BCUT2D eigenvalue weighted by Gasteiger charge is 2.29. The number of para-hydroxylation sites is 7. The minimum Gasteiger partial charge on any atom is -0.456 e. The van der Waals surface area contributed by atoms with Gasteiger partial charge in [-0.1, -0.05) is 291 Å². The molecule has 138 heavy (non-hydrogen) atoms. The molecule has 19 aromatic carbocycles. The third-order valence-electron chi connectivity index (χ3n) is 27.8. The highest BCUT2D eigenvalue weighted by atomic mass is 32.1. The summed E-state index contributed by atoms with van der Waals surface area (Å²) in [5.74, 6) is 1.89. The van der Waals surface area contributed by atoms with Gasteiger partial charge in [0.05, 0.1) is 77.0 Å². The lowest BCUT2D eigenvalue weighted by Gasteiger charge is -2.11. The van der Waals surface area contributed by atoms with E-state index in [9.17, 15) is 0 Å². The van der Waals surface area contributed by atoms with Crippen molar-refractivity contribution in [1.82, 2.24) is 48.2 Å². The summed E-state index contributed by atoms with van der Waals surface area (Å²) in [6, 6.07) is 143. The third-order valence-corrected chi connectivity index (χ3v) is 30.1. The molecule has 0 amide bonds.